The quantitative estimate of drug-likeness (QED) is 0.335. The zero-order valence-electron chi connectivity index (χ0n) is 19.7. The summed E-state index contributed by atoms with van der Waals surface area (Å²) in [6.07, 6.45) is -1.46. The topological polar surface area (TPSA) is 110 Å². The fourth-order valence-electron chi connectivity index (χ4n) is 3.50. The predicted octanol–water partition coefficient (Wildman–Crippen LogP) is 2.82. The Labute approximate surface area is 204 Å². The Morgan fingerprint density at radius 2 is 1.41 bits per heavy atom. The molecule has 2 atom stereocenters. The minimum absolute atomic E-state index is 0.108. The van der Waals surface area contributed by atoms with E-state index in [-0.39, 0.29) is 37.7 Å². The number of halogens is 1. The summed E-state index contributed by atoms with van der Waals surface area (Å²) in [5.74, 6) is 1.47. The van der Waals surface area contributed by atoms with E-state index < -0.39 is 12.2 Å². The maximum atomic E-state index is 10.3. The van der Waals surface area contributed by atoms with Gasteiger partial charge in [0, 0.05) is 5.41 Å². The van der Waals surface area contributed by atoms with Crippen LogP contribution >= 0.6 is 11.6 Å². The molecule has 3 N–H and O–H groups in total. The van der Waals surface area contributed by atoms with Gasteiger partial charge in [-0.3, -0.25) is 0 Å². The Hall–Kier alpha value is -2.65. The van der Waals surface area contributed by atoms with E-state index in [9.17, 15) is 15.3 Å². The second-order valence-corrected chi connectivity index (χ2v) is 9.03. The lowest BCUT2D eigenvalue weighted by molar-refractivity contribution is 0.0882. The van der Waals surface area contributed by atoms with Gasteiger partial charge in [0.25, 0.3) is 0 Å². The molecule has 0 saturated carbocycles. The van der Waals surface area contributed by atoms with Crippen molar-refractivity contribution >= 4 is 11.6 Å². The van der Waals surface area contributed by atoms with Gasteiger partial charge in [0.2, 0.25) is 0 Å². The Kier molecular flexibility index (Phi) is 8.90. The molecule has 3 rings (SSSR count). The van der Waals surface area contributed by atoms with Crippen molar-refractivity contribution in [1.82, 2.24) is 15.0 Å². The van der Waals surface area contributed by atoms with E-state index >= 15 is 0 Å². The molecule has 8 nitrogen and oxygen atoms in total. The molecule has 0 saturated heterocycles. The average Bonchev–Trinajstić information content (AvgIpc) is 3.20. The minimum atomic E-state index is -0.769. The van der Waals surface area contributed by atoms with Crippen molar-refractivity contribution < 1.29 is 24.8 Å². The molecule has 0 aliphatic heterocycles. The number of benzene rings is 2. The molecule has 184 valence electrons. The van der Waals surface area contributed by atoms with E-state index in [1.807, 2.05) is 48.5 Å². The monoisotopic (exact) mass is 489 g/mol. The van der Waals surface area contributed by atoms with Gasteiger partial charge in [-0.15, -0.1) is 16.7 Å². The van der Waals surface area contributed by atoms with E-state index in [1.54, 1.807) is 11.6 Å². The molecule has 34 heavy (non-hydrogen) atoms. The fourth-order valence-corrected chi connectivity index (χ4v) is 3.59. The number of hydrogen-bond acceptors (Lipinski definition) is 7. The first kappa shape index (κ1) is 26.0. The summed E-state index contributed by atoms with van der Waals surface area (Å²) < 4.78 is 12.9. The Morgan fingerprint density at radius 1 is 0.912 bits per heavy atom. The van der Waals surface area contributed by atoms with Crippen LogP contribution in [0.25, 0.3) is 0 Å². The molecule has 0 aliphatic carbocycles. The highest BCUT2D eigenvalue weighted by molar-refractivity contribution is 6.18. The standard InChI is InChI=1S/C25H32ClN3O5/c1-17-24(14-30)27-28-29(17)13-21(32)16-34-23-10-6-19(7-11-23)25(2,3)18-4-8-22(9-5-18)33-15-20(31)12-26/h4-11,20-21,30-32H,12-16H2,1-3H3/t20-,21-/m1/s1. The third-order valence-corrected chi connectivity index (χ3v) is 6.18. The van der Waals surface area contributed by atoms with Gasteiger partial charge in [0.1, 0.15) is 42.6 Å². The summed E-state index contributed by atoms with van der Waals surface area (Å²) in [7, 11) is 0. The summed E-state index contributed by atoms with van der Waals surface area (Å²) in [5, 5.41) is 36.9. The maximum absolute atomic E-state index is 10.3. The van der Waals surface area contributed by atoms with Crippen LogP contribution in [0, 0.1) is 6.92 Å². The fraction of sp³-hybridized carbons (Fsp3) is 0.440. The highest BCUT2D eigenvalue weighted by Gasteiger charge is 2.23. The van der Waals surface area contributed by atoms with Crippen LogP contribution in [0.5, 0.6) is 11.5 Å². The van der Waals surface area contributed by atoms with Crippen molar-refractivity contribution in [3.05, 3.63) is 71.0 Å². The SMILES string of the molecule is Cc1c(CO)nnn1C[C@@H](O)COc1ccc(C(C)(C)c2ccc(OC[C@H](O)CCl)cc2)cc1. The van der Waals surface area contributed by atoms with Crippen molar-refractivity contribution in [2.45, 2.75) is 51.5 Å². The first-order chi connectivity index (χ1) is 16.2. The first-order valence-corrected chi connectivity index (χ1v) is 11.7. The molecule has 0 amide bonds. The summed E-state index contributed by atoms with van der Waals surface area (Å²) in [5.41, 5.74) is 3.20. The molecule has 0 spiro atoms. The average molecular weight is 490 g/mol. The largest absolute Gasteiger partial charge is 0.491 e. The van der Waals surface area contributed by atoms with Gasteiger partial charge < -0.3 is 24.8 Å². The van der Waals surface area contributed by atoms with Crippen molar-refractivity contribution in [2.24, 2.45) is 0 Å². The summed E-state index contributed by atoms with van der Waals surface area (Å²) in [6.45, 7) is 6.39. The van der Waals surface area contributed by atoms with Gasteiger partial charge in [-0.2, -0.15) is 0 Å². The zero-order chi connectivity index (χ0) is 24.7. The number of alkyl halides is 1. The van der Waals surface area contributed by atoms with Gasteiger partial charge >= 0.3 is 0 Å². The smallest absolute Gasteiger partial charge is 0.119 e. The molecule has 1 heterocycles. The van der Waals surface area contributed by atoms with E-state index in [0.29, 0.717) is 17.2 Å². The number of hydrogen-bond donors (Lipinski definition) is 3. The summed E-state index contributed by atoms with van der Waals surface area (Å²) >= 11 is 5.60. The van der Waals surface area contributed by atoms with Gasteiger partial charge in [-0.25, -0.2) is 4.68 Å². The lowest BCUT2D eigenvalue weighted by Crippen LogP contribution is -2.25. The van der Waals surface area contributed by atoms with Gasteiger partial charge in [-0.05, 0) is 42.3 Å². The minimum Gasteiger partial charge on any atom is -0.491 e. The molecule has 0 aliphatic rings. The molecule has 0 unspecified atom stereocenters. The second-order valence-electron chi connectivity index (χ2n) is 8.72. The summed E-state index contributed by atoms with van der Waals surface area (Å²) in [6, 6.07) is 15.6. The van der Waals surface area contributed by atoms with Crippen LogP contribution in [0.4, 0.5) is 0 Å². The first-order valence-electron chi connectivity index (χ1n) is 11.1. The molecule has 9 heteroatoms. The van der Waals surface area contributed by atoms with Gasteiger partial charge in [0.05, 0.1) is 24.7 Å². The molecule has 3 aromatic rings. The second kappa shape index (κ2) is 11.7. The number of aromatic nitrogens is 3. The van der Waals surface area contributed by atoms with Crippen molar-refractivity contribution in [2.75, 3.05) is 19.1 Å². The Bertz CT molecular complexity index is 1040. The molecule has 0 radical (unpaired) electrons. The third-order valence-electron chi connectivity index (χ3n) is 5.83. The molecular formula is C25H32ClN3O5. The van der Waals surface area contributed by atoms with Crippen LogP contribution in [0.15, 0.2) is 48.5 Å². The number of rotatable bonds is 12. The van der Waals surface area contributed by atoms with Crippen LogP contribution in [0.2, 0.25) is 0 Å². The van der Waals surface area contributed by atoms with E-state index in [1.165, 1.54) is 0 Å². The van der Waals surface area contributed by atoms with Crippen LogP contribution in [-0.4, -0.2) is 61.6 Å². The number of aliphatic hydroxyl groups excluding tert-OH is 3. The Balaban J connectivity index is 1.56. The number of nitrogens with zero attached hydrogens (tertiary/aromatic N) is 3. The maximum Gasteiger partial charge on any atom is 0.119 e. The van der Waals surface area contributed by atoms with Gasteiger partial charge in [0.15, 0.2) is 0 Å². The molecule has 0 bridgehead atoms. The predicted molar refractivity (Wildman–Crippen MR) is 129 cm³/mol. The third kappa shape index (κ3) is 6.48. The molecule has 1 aromatic heterocycles. The van der Waals surface area contributed by atoms with Crippen LogP contribution < -0.4 is 9.47 Å². The molecular weight excluding hydrogens is 458 g/mol. The normalized spacial score (nSPS) is 13.5. The van der Waals surface area contributed by atoms with Crippen LogP contribution in [0.3, 0.4) is 0 Å². The zero-order valence-corrected chi connectivity index (χ0v) is 20.4. The highest BCUT2D eigenvalue weighted by atomic mass is 35.5. The van der Waals surface area contributed by atoms with Crippen molar-refractivity contribution in [3.63, 3.8) is 0 Å². The van der Waals surface area contributed by atoms with Crippen molar-refractivity contribution in [1.29, 1.82) is 0 Å². The lowest BCUT2D eigenvalue weighted by Gasteiger charge is -2.26. The van der Waals surface area contributed by atoms with E-state index in [0.717, 1.165) is 16.8 Å². The van der Waals surface area contributed by atoms with Gasteiger partial charge in [-0.1, -0.05) is 43.3 Å². The lowest BCUT2D eigenvalue weighted by atomic mass is 9.78. The van der Waals surface area contributed by atoms with Crippen LogP contribution in [0.1, 0.15) is 36.4 Å². The van der Waals surface area contributed by atoms with Crippen LogP contribution in [-0.2, 0) is 18.6 Å². The van der Waals surface area contributed by atoms with E-state index in [4.69, 9.17) is 21.1 Å². The number of aliphatic hydroxyl groups is 3. The number of ether oxygens (including phenoxy) is 2. The molecule has 0 fully saturated rings. The van der Waals surface area contributed by atoms with E-state index in [2.05, 4.69) is 24.2 Å². The Morgan fingerprint density at radius 3 is 1.85 bits per heavy atom. The highest BCUT2D eigenvalue weighted by Crippen LogP contribution is 2.33. The molecule has 2 aromatic carbocycles. The van der Waals surface area contributed by atoms with Crippen molar-refractivity contribution in [3.8, 4) is 11.5 Å². The summed E-state index contributed by atoms with van der Waals surface area (Å²) in [4.78, 5) is 0.